The topological polar surface area (TPSA) is 53.9 Å². The normalized spacial score (nSPS) is 17.9. The first-order valence-corrected chi connectivity index (χ1v) is 9.08. The molecule has 5 nitrogen and oxygen atoms in total. The Morgan fingerprint density at radius 3 is 2.92 bits per heavy atom. The molecule has 6 heteroatoms. The summed E-state index contributed by atoms with van der Waals surface area (Å²) >= 11 is 1.66. The van der Waals surface area contributed by atoms with Crippen LogP contribution in [-0.2, 0) is 6.54 Å². The van der Waals surface area contributed by atoms with E-state index in [9.17, 15) is 0 Å². The quantitative estimate of drug-likeness (QED) is 0.762. The zero-order valence-corrected chi connectivity index (χ0v) is 14.1. The van der Waals surface area contributed by atoms with Gasteiger partial charge in [-0.15, -0.1) is 11.3 Å². The molecule has 1 saturated heterocycles. The molecule has 0 spiro atoms. The van der Waals surface area contributed by atoms with Crippen LogP contribution in [0.25, 0.3) is 0 Å². The van der Waals surface area contributed by atoms with Crippen molar-refractivity contribution in [3.05, 3.63) is 64.9 Å². The van der Waals surface area contributed by atoms with Gasteiger partial charge in [-0.25, -0.2) is 15.0 Å². The number of hydrogen-bond donors (Lipinski definition) is 1. The predicted octanol–water partition coefficient (Wildman–Crippen LogP) is 4.01. The Morgan fingerprint density at radius 2 is 2.08 bits per heavy atom. The molecule has 1 aliphatic heterocycles. The Kier molecular flexibility index (Phi) is 4.49. The van der Waals surface area contributed by atoms with E-state index in [0.717, 1.165) is 30.4 Å². The third-order valence-electron chi connectivity index (χ3n) is 4.30. The first kappa shape index (κ1) is 15.2. The van der Waals surface area contributed by atoms with Gasteiger partial charge in [-0.2, -0.15) is 0 Å². The molecule has 24 heavy (non-hydrogen) atoms. The third-order valence-corrected chi connectivity index (χ3v) is 4.94. The van der Waals surface area contributed by atoms with Crippen LogP contribution >= 0.6 is 11.3 Å². The van der Waals surface area contributed by atoms with Crippen molar-refractivity contribution in [3.8, 4) is 0 Å². The summed E-state index contributed by atoms with van der Waals surface area (Å²) < 4.78 is 0. The number of pyridine rings is 2. The van der Waals surface area contributed by atoms with E-state index in [1.54, 1.807) is 17.5 Å². The molecule has 1 atom stereocenters. The molecule has 0 saturated carbocycles. The van der Waals surface area contributed by atoms with Gasteiger partial charge < -0.3 is 5.32 Å². The highest BCUT2D eigenvalue weighted by Gasteiger charge is 2.26. The number of aromatic nitrogens is 3. The summed E-state index contributed by atoms with van der Waals surface area (Å²) in [6.45, 7) is 2.03. The zero-order valence-electron chi connectivity index (χ0n) is 13.3. The fourth-order valence-corrected chi connectivity index (χ4v) is 3.76. The van der Waals surface area contributed by atoms with Gasteiger partial charge in [0.2, 0.25) is 0 Å². The van der Waals surface area contributed by atoms with Crippen LogP contribution < -0.4 is 5.32 Å². The maximum atomic E-state index is 4.43. The van der Waals surface area contributed by atoms with Crippen molar-refractivity contribution in [1.29, 1.82) is 0 Å². The van der Waals surface area contributed by atoms with Crippen LogP contribution in [0, 0.1) is 0 Å². The van der Waals surface area contributed by atoms with Gasteiger partial charge in [0.05, 0.1) is 11.2 Å². The lowest BCUT2D eigenvalue weighted by Crippen LogP contribution is -2.23. The second-order valence-corrected chi connectivity index (χ2v) is 6.64. The molecular weight excluding hydrogens is 318 g/mol. The van der Waals surface area contributed by atoms with Crippen LogP contribution in [-0.4, -0.2) is 26.4 Å². The van der Waals surface area contributed by atoms with E-state index in [-0.39, 0.29) is 0 Å². The number of hydrogen-bond acceptors (Lipinski definition) is 6. The van der Waals surface area contributed by atoms with Crippen LogP contribution in [0.1, 0.15) is 30.1 Å². The molecular formula is C18H19N5S. The molecule has 4 heterocycles. The van der Waals surface area contributed by atoms with Gasteiger partial charge >= 0.3 is 0 Å². The molecule has 0 bridgehead atoms. The molecule has 3 aromatic heterocycles. The average Bonchev–Trinajstić information content (AvgIpc) is 3.28. The summed E-state index contributed by atoms with van der Waals surface area (Å²) in [6, 6.07) is 10.5. The molecule has 0 amide bonds. The van der Waals surface area contributed by atoms with Crippen molar-refractivity contribution in [2.75, 3.05) is 11.9 Å². The second kappa shape index (κ2) is 7.07. The Hall–Kier alpha value is -2.31. The molecule has 3 aromatic rings. The zero-order chi connectivity index (χ0) is 16.2. The molecule has 0 unspecified atom stereocenters. The molecule has 0 radical (unpaired) electrons. The van der Waals surface area contributed by atoms with Gasteiger partial charge in [0.1, 0.15) is 11.6 Å². The maximum Gasteiger partial charge on any atom is 0.131 e. The van der Waals surface area contributed by atoms with Crippen LogP contribution in [0.5, 0.6) is 0 Å². The fraction of sp³-hybridized carbons (Fsp3) is 0.278. The lowest BCUT2D eigenvalue weighted by molar-refractivity contribution is 0.246. The number of nitrogens with one attached hydrogen (secondary N) is 1. The van der Waals surface area contributed by atoms with Crippen LogP contribution in [0.3, 0.4) is 0 Å². The first-order chi connectivity index (χ1) is 11.9. The summed E-state index contributed by atoms with van der Waals surface area (Å²) in [5.41, 5.74) is 4.37. The van der Waals surface area contributed by atoms with E-state index < -0.39 is 0 Å². The van der Waals surface area contributed by atoms with Crippen molar-refractivity contribution in [1.82, 2.24) is 19.9 Å². The molecule has 1 aliphatic rings. The Labute approximate surface area is 145 Å². The van der Waals surface area contributed by atoms with Crippen molar-refractivity contribution in [3.63, 3.8) is 0 Å². The molecule has 1 fully saturated rings. The molecule has 0 aromatic carbocycles. The number of thiazole rings is 1. The summed E-state index contributed by atoms with van der Waals surface area (Å²) in [6.07, 6.45) is 6.05. The van der Waals surface area contributed by atoms with E-state index >= 15 is 0 Å². The second-order valence-electron chi connectivity index (χ2n) is 5.92. The lowest BCUT2D eigenvalue weighted by atomic mass is 10.1. The Morgan fingerprint density at radius 1 is 1.12 bits per heavy atom. The van der Waals surface area contributed by atoms with Gasteiger partial charge in [-0.3, -0.25) is 4.90 Å². The van der Waals surface area contributed by atoms with Crippen molar-refractivity contribution in [2.45, 2.75) is 25.4 Å². The van der Waals surface area contributed by atoms with Crippen LogP contribution in [0.2, 0.25) is 0 Å². The average molecular weight is 337 g/mol. The highest BCUT2D eigenvalue weighted by Crippen LogP contribution is 2.33. The van der Waals surface area contributed by atoms with Crippen LogP contribution in [0.4, 0.5) is 11.6 Å². The minimum atomic E-state index is 0.430. The number of likely N-dealkylation sites (tertiary alicyclic amines) is 1. The molecule has 4 rings (SSSR count). The van der Waals surface area contributed by atoms with Gasteiger partial charge in [0, 0.05) is 30.4 Å². The van der Waals surface area contributed by atoms with E-state index in [1.165, 1.54) is 18.4 Å². The van der Waals surface area contributed by atoms with Crippen molar-refractivity contribution in [2.24, 2.45) is 0 Å². The van der Waals surface area contributed by atoms with Crippen molar-refractivity contribution >= 4 is 23.0 Å². The number of nitrogens with zero attached hydrogens (tertiary/aromatic N) is 4. The predicted molar refractivity (Wildman–Crippen MR) is 96.3 cm³/mol. The minimum absolute atomic E-state index is 0.430. The van der Waals surface area contributed by atoms with Gasteiger partial charge in [-0.1, -0.05) is 6.07 Å². The molecule has 122 valence electrons. The van der Waals surface area contributed by atoms with Crippen LogP contribution in [0.15, 0.2) is 53.6 Å². The summed E-state index contributed by atoms with van der Waals surface area (Å²) in [4.78, 5) is 15.7. The first-order valence-electron chi connectivity index (χ1n) is 8.13. The Balaban J connectivity index is 1.51. The highest BCUT2D eigenvalue weighted by atomic mass is 32.1. The minimum Gasteiger partial charge on any atom is -0.325 e. The lowest BCUT2D eigenvalue weighted by Gasteiger charge is -2.24. The number of rotatable bonds is 5. The number of anilines is 2. The third kappa shape index (κ3) is 3.44. The van der Waals surface area contributed by atoms with Crippen molar-refractivity contribution < 1.29 is 0 Å². The fourth-order valence-electron chi connectivity index (χ4n) is 3.21. The van der Waals surface area contributed by atoms with Gasteiger partial charge in [0.15, 0.2) is 0 Å². The van der Waals surface area contributed by atoms with Gasteiger partial charge in [0.25, 0.3) is 0 Å². The van der Waals surface area contributed by atoms with E-state index in [1.807, 2.05) is 29.9 Å². The SMILES string of the molecule is c1ccc(Nc2cc([C@@H]3CCCN3Cc3cscn3)ccn2)nc1. The Bertz CT molecular complexity index is 775. The standard InChI is InChI=1S/C18H19N5S/c1-2-7-19-17(5-1)22-18-10-14(6-8-20-18)16-4-3-9-23(16)11-15-12-24-13-21-15/h1-2,5-8,10,12-13,16H,3-4,9,11H2,(H,19,20,22)/t16-/m0/s1. The highest BCUT2D eigenvalue weighted by molar-refractivity contribution is 7.07. The van der Waals surface area contributed by atoms with E-state index in [4.69, 9.17) is 0 Å². The summed E-state index contributed by atoms with van der Waals surface area (Å²) in [5.74, 6) is 1.65. The monoisotopic (exact) mass is 337 g/mol. The smallest absolute Gasteiger partial charge is 0.131 e. The maximum absolute atomic E-state index is 4.43. The molecule has 1 N–H and O–H groups in total. The van der Waals surface area contributed by atoms with E-state index in [0.29, 0.717) is 6.04 Å². The summed E-state index contributed by atoms with van der Waals surface area (Å²) in [5, 5.41) is 5.41. The molecule has 0 aliphatic carbocycles. The summed E-state index contributed by atoms with van der Waals surface area (Å²) in [7, 11) is 0. The van der Waals surface area contributed by atoms with E-state index in [2.05, 4.69) is 42.7 Å². The van der Waals surface area contributed by atoms with Gasteiger partial charge in [-0.05, 0) is 49.2 Å². The largest absolute Gasteiger partial charge is 0.325 e.